The number of alkyl halides is 4. The molecular formula is C44H50F4N6O4S. The minimum absolute atomic E-state index is 0.0189. The van der Waals surface area contributed by atoms with Crippen LogP contribution in [-0.2, 0) is 33.3 Å². The lowest BCUT2D eigenvalue weighted by atomic mass is 9.78. The molecule has 0 spiro atoms. The third-order valence-corrected chi connectivity index (χ3v) is 11.2. The number of benzene rings is 3. The van der Waals surface area contributed by atoms with Crippen LogP contribution in [0.4, 0.5) is 27.2 Å². The lowest BCUT2D eigenvalue weighted by molar-refractivity contribution is -0.225. The van der Waals surface area contributed by atoms with E-state index in [9.17, 15) is 9.59 Å². The van der Waals surface area contributed by atoms with Gasteiger partial charge in [-0.1, -0.05) is 49.6 Å². The number of aryl methyl sites for hydroxylation is 1. The summed E-state index contributed by atoms with van der Waals surface area (Å²) in [7, 11) is 0. The van der Waals surface area contributed by atoms with Crippen LogP contribution in [0.3, 0.4) is 0 Å². The molecule has 1 saturated heterocycles. The number of nitrogens with zero attached hydrogens (tertiary/aromatic N) is 4. The fourth-order valence-electron chi connectivity index (χ4n) is 7.82. The Balaban J connectivity index is 1.08. The summed E-state index contributed by atoms with van der Waals surface area (Å²) in [4.78, 5) is 42.5. The first-order chi connectivity index (χ1) is 27.6. The molecule has 15 heteroatoms. The molecule has 3 aromatic carbocycles. The molecule has 0 bridgehead atoms. The number of likely N-dealkylation sites (tertiary alicyclic amines) is 1. The normalized spacial score (nSPS) is 18.4. The Hall–Kier alpha value is -5.05. The van der Waals surface area contributed by atoms with E-state index in [1.54, 1.807) is 76.8 Å². The predicted octanol–water partition coefficient (Wildman–Crippen LogP) is 11.5. The van der Waals surface area contributed by atoms with E-state index in [-0.39, 0.29) is 16.7 Å². The second-order valence-electron chi connectivity index (χ2n) is 17.7. The van der Waals surface area contributed by atoms with E-state index in [1.807, 2.05) is 6.92 Å². The predicted molar refractivity (Wildman–Crippen MR) is 221 cm³/mol. The fraction of sp³-hybridized carbons (Fsp3) is 0.455. The van der Waals surface area contributed by atoms with Crippen LogP contribution in [-0.4, -0.2) is 65.6 Å². The van der Waals surface area contributed by atoms with Gasteiger partial charge in [0.05, 0.1) is 22.9 Å². The van der Waals surface area contributed by atoms with Crippen LogP contribution in [0.1, 0.15) is 103 Å². The van der Waals surface area contributed by atoms with Gasteiger partial charge in [0.25, 0.3) is 0 Å². The summed E-state index contributed by atoms with van der Waals surface area (Å²) in [5.41, 5.74) is -0.681. The van der Waals surface area contributed by atoms with Gasteiger partial charge in [-0.15, -0.1) is 0 Å². The van der Waals surface area contributed by atoms with Crippen LogP contribution in [0.5, 0.6) is 0 Å². The summed E-state index contributed by atoms with van der Waals surface area (Å²) in [6.07, 6.45) is 4.81. The maximum absolute atomic E-state index is 16.1. The second-order valence-corrected chi connectivity index (χ2v) is 18.1. The number of aromatic amines is 2. The number of thiol groups is 1. The molecule has 1 unspecified atom stereocenters. The number of H-pyrrole nitrogens is 2. The molecule has 0 radical (unpaired) electrons. The number of hydrogen-bond donors (Lipinski definition) is 3. The van der Waals surface area contributed by atoms with Crippen molar-refractivity contribution in [3.05, 3.63) is 83.6 Å². The van der Waals surface area contributed by atoms with E-state index in [2.05, 4.69) is 32.8 Å². The number of rotatable bonds is 9. The van der Waals surface area contributed by atoms with Gasteiger partial charge < -0.3 is 19.4 Å². The van der Waals surface area contributed by atoms with Gasteiger partial charge in [-0.05, 0) is 121 Å². The van der Waals surface area contributed by atoms with E-state index < -0.39 is 51.9 Å². The Morgan fingerprint density at radius 3 is 2.10 bits per heavy atom. The van der Waals surface area contributed by atoms with E-state index in [0.29, 0.717) is 66.0 Å². The van der Waals surface area contributed by atoms with Gasteiger partial charge in [-0.2, -0.15) is 17.6 Å². The summed E-state index contributed by atoms with van der Waals surface area (Å²) < 4.78 is 76.6. The molecule has 2 N–H and O–H groups in total. The zero-order valence-corrected chi connectivity index (χ0v) is 35.2. The Kier molecular flexibility index (Phi) is 10.8. The highest BCUT2D eigenvalue weighted by atomic mass is 32.1. The van der Waals surface area contributed by atoms with E-state index in [0.717, 1.165) is 37.2 Å². The first-order valence-corrected chi connectivity index (χ1v) is 20.3. The standard InChI is InChI=1S/C44H50F4N6O4S/c1-40(2,3)57-38(55)53-20-11-19-42(53,7)37-49-25-35(52-37)28-14-17-30-29-16-13-26(22-31(29)43(45,46)44(47,48)32(30)23-28)27-15-18-33-34(24-27)51-36(50-33)12-9-8-10-21-54(59)39(56)58-41(4,5)6/h13-18,22-25,59H,8-12,19-21H2,1-7H3,(H,49,52)(H,50,51). The number of imidazole rings is 2. The summed E-state index contributed by atoms with van der Waals surface area (Å²) >= 11 is 4.23. The molecular weight excluding hydrogens is 785 g/mol. The van der Waals surface area contributed by atoms with Crippen molar-refractivity contribution < 1.29 is 36.6 Å². The van der Waals surface area contributed by atoms with Crippen molar-refractivity contribution in [2.45, 2.75) is 116 Å². The minimum Gasteiger partial charge on any atom is -0.444 e. The number of halogens is 4. The monoisotopic (exact) mass is 834 g/mol. The van der Waals surface area contributed by atoms with Gasteiger partial charge in [0.15, 0.2) is 0 Å². The van der Waals surface area contributed by atoms with Crippen molar-refractivity contribution in [1.82, 2.24) is 29.1 Å². The Bertz CT molecular complexity index is 2400. The van der Waals surface area contributed by atoms with Crippen LogP contribution in [0, 0.1) is 0 Å². The average molecular weight is 835 g/mol. The number of ether oxygens (including phenoxy) is 2. The molecule has 2 aromatic heterocycles. The highest BCUT2D eigenvalue weighted by molar-refractivity contribution is 7.78. The fourth-order valence-corrected chi connectivity index (χ4v) is 8.00. The average Bonchev–Trinajstić information content (AvgIpc) is 3.91. The van der Waals surface area contributed by atoms with Crippen molar-refractivity contribution in [2.75, 3.05) is 13.1 Å². The third kappa shape index (κ3) is 8.27. The number of aromatic nitrogens is 4. The quantitative estimate of drug-likeness (QED) is 0.0773. The summed E-state index contributed by atoms with van der Waals surface area (Å²) in [6, 6.07) is 13.7. The highest BCUT2D eigenvalue weighted by Gasteiger charge is 2.63. The number of amides is 2. The van der Waals surface area contributed by atoms with E-state index in [1.165, 1.54) is 22.6 Å². The van der Waals surface area contributed by atoms with Gasteiger partial charge in [0.2, 0.25) is 0 Å². The van der Waals surface area contributed by atoms with E-state index in [4.69, 9.17) is 9.47 Å². The van der Waals surface area contributed by atoms with Gasteiger partial charge in [0.1, 0.15) is 28.4 Å². The molecule has 1 fully saturated rings. The zero-order chi connectivity index (χ0) is 42.7. The number of hydrogen-bond acceptors (Lipinski definition) is 7. The van der Waals surface area contributed by atoms with Gasteiger partial charge in [-0.25, -0.2) is 19.6 Å². The molecule has 7 rings (SSSR count). The topological polar surface area (TPSA) is 116 Å². The number of carbonyl (C=O) groups is 2. The summed E-state index contributed by atoms with van der Waals surface area (Å²) in [6.45, 7) is 13.5. The van der Waals surface area contributed by atoms with Crippen molar-refractivity contribution in [1.29, 1.82) is 0 Å². The molecule has 1 aliphatic heterocycles. The molecule has 10 nitrogen and oxygen atoms in total. The van der Waals surface area contributed by atoms with Crippen molar-refractivity contribution in [2.24, 2.45) is 0 Å². The Morgan fingerprint density at radius 2 is 1.44 bits per heavy atom. The second kappa shape index (κ2) is 15.2. The number of carbonyl (C=O) groups excluding carboxylic acids is 2. The molecule has 2 amide bonds. The van der Waals surface area contributed by atoms with Gasteiger partial charge >= 0.3 is 24.0 Å². The molecule has 5 aromatic rings. The summed E-state index contributed by atoms with van der Waals surface area (Å²) in [5, 5.41) is 0. The highest BCUT2D eigenvalue weighted by Crippen LogP contribution is 2.59. The van der Waals surface area contributed by atoms with Crippen molar-refractivity contribution >= 4 is 36.0 Å². The molecule has 0 saturated carbocycles. The SMILES string of the molecule is CC(C)(C)OC(=O)N(S)CCCCCc1nc2ccc(-c3ccc4c(c3)C(F)(F)C(F)(F)c3cc(-c5cnc(C6(C)CCCN6C(=O)OC(C)(C)C)[nH]5)ccc3-4)cc2[nH]1. The minimum atomic E-state index is -4.53. The van der Waals surface area contributed by atoms with Crippen LogP contribution < -0.4 is 0 Å². The number of unbranched alkanes of at least 4 members (excludes halogenated alkanes) is 2. The molecule has 314 valence electrons. The largest absolute Gasteiger partial charge is 0.444 e. The Morgan fingerprint density at radius 1 is 0.831 bits per heavy atom. The third-order valence-electron chi connectivity index (χ3n) is 10.8. The zero-order valence-electron chi connectivity index (χ0n) is 34.3. The maximum Gasteiger partial charge on any atom is 0.420 e. The van der Waals surface area contributed by atoms with Crippen LogP contribution in [0.15, 0.2) is 60.8 Å². The molecule has 1 aliphatic carbocycles. The molecule has 2 aliphatic rings. The Labute approximate surface area is 346 Å². The smallest absolute Gasteiger partial charge is 0.420 e. The lowest BCUT2D eigenvalue weighted by Crippen LogP contribution is -2.46. The van der Waals surface area contributed by atoms with Crippen molar-refractivity contribution in [3.8, 4) is 33.5 Å². The first-order valence-electron chi connectivity index (χ1n) is 19.9. The number of nitrogens with one attached hydrogen (secondary N) is 2. The summed E-state index contributed by atoms with van der Waals surface area (Å²) in [5.74, 6) is -7.85. The number of fused-ring (bicyclic) bond motifs is 4. The van der Waals surface area contributed by atoms with Crippen LogP contribution >= 0.6 is 12.8 Å². The molecule has 1 atom stereocenters. The molecule has 3 heterocycles. The van der Waals surface area contributed by atoms with Crippen molar-refractivity contribution in [3.63, 3.8) is 0 Å². The maximum atomic E-state index is 16.1. The lowest BCUT2D eigenvalue weighted by Gasteiger charge is -2.35. The first kappa shape index (κ1) is 42.1. The van der Waals surface area contributed by atoms with Gasteiger partial charge in [0, 0.05) is 36.2 Å². The molecule has 59 heavy (non-hydrogen) atoms. The van der Waals surface area contributed by atoms with E-state index >= 15 is 17.6 Å². The van der Waals surface area contributed by atoms with Crippen LogP contribution in [0.25, 0.3) is 44.5 Å². The van der Waals surface area contributed by atoms with Gasteiger partial charge in [-0.3, -0.25) is 9.21 Å². The van der Waals surface area contributed by atoms with Crippen LogP contribution in [0.2, 0.25) is 0 Å².